The zero-order valence-electron chi connectivity index (χ0n) is 16.1. The first-order valence-electron chi connectivity index (χ1n) is 8.88. The Labute approximate surface area is 155 Å². The van der Waals surface area contributed by atoms with Gasteiger partial charge in [0.2, 0.25) is 11.8 Å². The lowest BCUT2D eigenvalue weighted by Crippen LogP contribution is -2.56. The van der Waals surface area contributed by atoms with Crippen molar-refractivity contribution < 1.29 is 19.1 Å². The Morgan fingerprint density at radius 1 is 1.31 bits per heavy atom. The fourth-order valence-electron chi connectivity index (χ4n) is 3.18. The zero-order valence-corrected chi connectivity index (χ0v) is 16.1. The van der Waals surface area contributed by atoms with E-state index in [1.165, 1.54) is 0 Å². The van der Waals surface area contributed by atoms with E-state index in [0.717, 1.165) is 22.4 Å². The molecule has 1 aromatic rings. The lowest BCUT2D eigenvalue weighted by Gasteiger charge is -2.35. The van der Waals surface area contributed by atoms with Crippen LogP contribution in [0.3, 0.4) is 0 Å². The van der Waals surface area contributed by atoms with Gasteiger partial charge in [-0.25, -0.2) is 0 Å². The molecule has 144 valence electrons. The second kappa shape index (κ2) is 9.54. The van der Waals surface area contributed by atoms with E-state index in [2.05, 4.69) is 22.5 Å². The Bertz CT molecular complexity index is 648. The van der Waals surface area contributed by atoms with Crippen molar-refractivity contribution in [3.8, 4) is 5.75 Å². The van der Waals surface area contributed by atoms with Crippen molar-refractivity contribution in [1.29, 1.82) is 0 Å². The van der Waals surface area contributed by atoms with E-state index in [9.17, 15) is 9.59 Å². The van der Waals surface area contributed by atoms with Crippen LogP contribution in [-0.4, -0.2) is 63.2 Å². The van der Waals surface area contributed by atoms with Crippen LogP contribution in [0.4, 0.5) is 0 Å². The number of benzene rings is 1. The molecule has 1 heterocycles. The number of carbonyl (C=O) groups excluding carboxylic acids is 2. The van der Waals surface area contributed by atoms with Crippen LogP contribution >= 0.6 is 0 Å². The molecule has 1 atom stereocenters. The van der Waals surface area contributed by atoms with Crippen molar-refractivity contribution >= 4 is 11.8 Å². The van der Waals surface area contributed by atoms with Gasteiger partial charge in [-0.05, 0) is 36.6 Å². The van der Waals surface area contributed by atoms with Gasteiger partial charge in [0.25, 0.3) is 0 Å². The molecule has 7 nitrogen and oxygen atoms in total. The molecule has 7 heteroatoms. The summed E-state index contributed by atoms with van der Waals surface area (Å²) in [4.78, 5) is 26.6. The van der Waals surface area contributed by atoms with Crippen LogP contribution in [0.2, 0.25) is 0 Å². The molecule has 1 aliphatic rings. The number of nitrogens with one attached hydrogen (secondary N) is 2. The summed E-state index contributed by atoms with van der Waals surface area (Å²) in [6.45, 7) is 6.92. The topological polar surface area (TPSA) is 79.9 Å². The average molecular weight is 363 g/mol. The van der Waals surface area contributed by atoms with Crippen LogP contribution < -0.4 is 15.4 Å². The first-order valence-corrected chi connectivity index (χ1v) is 8.88. The van der Waals surface area contributed by atoms with Crippen LogP contribution in [0.1, 0.15) is 23.1 Å². The standard InChI is InChI=1S/C19H29N3O4/c1-13-14(2)17(26-4)6-5-15(13)12-22-9-7-21-19(24)16(22)11-18(23)20-8-10-25-3/h5-6,16H,7-12H2,1-4H3,(H,20,23)(H,21,24)/t16-/m0/s1. The lowest BCUT2D eigenvalue weighted by molar-refractivity contribution is -0.134. The van der Waals surface area contributed by atoms with Crippen LogP contribution in [0.15, 0.2) is 12.1 Å². The quantitative estimate of drug-likeness (QED) is 0.667. The maximum atomic E-state index is 12.3. The summed E-state index contributed by atoms with van der Waals surface area (Å²) < 4.78 is 10.3. The van der Waals surface area contributed by atoms with E-state index in [-0.39, 0.29) is 18.2 Å². The smallest absolute Gasteiger partial charge is 0.237 e. The van der Waals surface area contributed by atoms with Crippen molar-refractivity contribution in [2.45, 2.75) is 32.9 Å². The van der Waals surface area contributed by atoms with Gasteiger partial charge in [-0.15, -0.1) is 0 Å². The Morgan fingerprint density at radius 3 is 2.77 bits per heavy atom. The molecule has 0 unspecified atom stereocenters. The predicted octanol–water partition coefficient (Wildman–Crippen LogP) is 0.765. The Balaban J connectivity index is 2.09. The van der Waals surface area contributed by atoms with Crippen LogP contribution in [0.25, 0.3) is 0 Å². The highest BCUT2D eigenvalue weighted by Crippen LogP contribution is 2.25. The number of piperazine rings is 1. The van der Waals surface area contributed by atoms with Crippen molar-refractivity contribution in [3.05, 3.63) is 28.8 Å². The molecular formula is C19H29N3O4. The molecule has 2 N–H and O–H groups in total. The first kappa shape index (κ1) is 20.2. The summed E-state index contributed by atoms with van der Waals surface area (Å²) in [5.74, 6) is 0.620. The molecular weight excluding hydrogens is 334 g/mol. The van der Waals surface area contributed by atoms with E-state index in [1.54, 1.807) is 14.2 Å². The van der Waals surface area contributed by atoms with Gasteiger partial charge in [0.15, 0.2) is 0 Å². The van der Waals surface area contributed by atoms with Crippen LogP contribution in [0.5, 0.6) is 5.75 Å². The number of nitrogens with zero attached hydrogens (tertiary/aromatic N) is 1. The van der Waals surface area contributed by atoms with Gasteiger partial charge in [0.05, 0.1) is 26.2 Å². The lowest BCUT2D eigenvalue weighted by atomic mass is 10.00. The monoisotopic (exact) mass is 363 g/mol. The third-order valence-corrected chi connectivity index (χ3v) is 4.89. The van der Waals surface area contributed by atoms with Crippen molar-refractivity contribution in [3.63, 3.8) is 0 Å². The highest BCUT2D eigenvalue weighted by Gasteiger charge is 2.31. The number of rotatable bonds is 8. The molecule has 0 bridgehead atoms. The number of carbonyl (C=O) groups is 2. The largest absolute Gasteiger partial charge is 0.496 e. The molecule has 2 rings (SSSR count). The van der Waals surface area contributed by atoms with Crippen molar-refractivity contribution in [2.24, 2.45) is 0 Å². The summed E-state index contributed by atoms with van der Waals surface area (Å²) in [5, 5.41) is 5.64. The summed E-state index contributed by atoms with van der Waals surface area (Å²) in [6.07, 6.45) is 0.143. The molecule has 0 aliphatic carbocycles. The summed E-state index contributed by atoms with van der Waals surface area (Å²) in [6, 6.07) is 3.52. The van der Waals surface area contributed by atoms with Gasteiger partial charge >= 0.3 is 0 Å². The number of amides is 2. The van der Waals surface area contributed by atoms with Gasteiger partial charge in [-0.3, -0.25) is 14.5 Å². The number of ether oxygens (including phenoxy) is 2. The first-order chi connectivity index (χ1) is 12.5. The molecule has 1 saturated heterocycles. The fraction of sp³-hybridized carbons (Fsp3) is 0.579. The normalized spacial score (nSPS) is 17.7. The van der Waals surface area contributed by atoms with Gasteiger partial charge in [0, 0.05) is 33.3 Å². The number of hydrogen-bond acceptors (Lipinski definition) is 5. The number of hydrogen-bond donors (Lipinski definition) is 2. The third kappa shape index (κ3) is 4.95. The minimum Gasteiger partial charge on any atom is -0.496 e. The Morgan fingerprint density at radius 2 is 2.08 bits per heavy atom. The number of methoxy groups -OCH3 is 2. The third-order valence-electron chi connectivity index (χ3n) is 4.89. The Hall–Kier alpha value is -2.12. The maximum absolute atomic E-state index is 12.3. The van der Waals surface area contributed by atoms with E-state index in [1.807, 2.05) is 19.1 Å². The van der Waals surface area contributed by atoms with Gasteiger partial charge < -0.3 is 20.1 Å². The van der Waals surface area contributed by atoms with E-state index < -0.39 is 6.04 Å². The Kier molecular flexibility index (Phi) is 7.41. The van der Waals surface area contributed by atoms with Crippen LogP contribution in [-0.2, 0) is 20.9 Å². The minimum atomic E-state index is -0.465. The molecule has 0 saturated carbocycles. The summed E-state index contributed by atoms with van der Waals surface area (Å²) in [7, 11) is 3.25. The average Bonchev–Trinajstić information content (AvgIpc) is 2.62. The molecule has 2 amide bonds. The van der Waals surface area contributed by atoms with Crippen LogP contribution in [0, 0.1) is 13.8 Å². The van der Waals surface area contributed by atoms with E-state index in [4.69, 9.17) is 9.47 Å². The van der Waals surface area contributed by atoms with Gasteiger partial charge in [0.1, 0.15) is 5.75 Å². The molecule has 0 radical (unpaired) electrons. The van der Waals surface area contributed by atoms with Crippen molar-refractivity contribution in [2.75, 3.05) is 40.5 Å². The van der Waals surface area contributed by atoms with Gasteiger partial charge in [-0.2, -0.15) is 0 Å². The SMILES string of the molecule is COCCNC(=O)C[C@H]1C(=O)NCCN1Cc1ccc(OC)c(C)c1C. The van der Waals surface area contributed by atoms with E-state index in [0.29, 0.717) is 32.8 Å². The minimum absolute atomic E-state index is 0.0963. The molecule has 0 spiro atoms. The molecule has 1 fully saturated rings. The molecule has 26 heavy (non-hydrogen) atoms. The van der Waals surface area contributed by atoms with E-state index >= 15 is 0 Å². The second-order valence-corrected chi connectivity index (χ2v) is 6.50. The van der Waals surface area contributed by atoms with Crippen molar-refractivity contribution in [1.82, 2.24) is 15.5 Å². The second-order valence-electron chi connectivity index (χ2n) is 6.50. The zero-order chi connectivity index (χ0) is 19.1. The highest BCUT2D eigenvalue weighted by molar-refractivity contribution is 5.88. The fourth-order valence-corrected chi connectivity index (χ4v) is 3.18. The summed E-state index contributed by atoms with van der Waals surface area (Å²) >= 11 is 0. The molecule has 1 aliphatic heterocycles. The molecule has 0 aromatic heterocycles. The van der Waals surface area contributed by atoms with Gasteiger partial charge in [-0.1, -0.05) is 6.07 Å². The highest BCUT2D eigenvalue weighted by atomic mass is 16.5. The molecule has 1 aromatic carbocycles. The maximum Gasteiger partial charge on any atom is 0.237 e. The predicted molar refractivity (Wildman–Crippen MR) is 99.2 cm³/mol. The summed E-state index contributed by atoms with van der Waals surface area (Å²) in [5.41, 5.74) is 3.39.